The minimum absolute atomic E-state index is 0. The molecule has 4 heteroatoms. The van der Waals surface area contributed by atoms with Gasteiger partial charge in [0.2, 0.25) is 0 Å². The molecule has 1 saturated heterocycles. The van der Waals surface area contributed by atoms with Crippen LogP contribution in [0.5, 0.6) is 0 Å². The van der Waals surface area contributed by atoms with E-state index in [-0.39, 0.29) is 12.4 Å². The van der Waals surface area contributed by atoms with Crippen LogP contribution in [0.1, 0.15) is 25.5 Å². The first-order valence-electron chi connectivity index (χ1n) is 5.90. The van der Waals surface area contributed by atoms with E-state index in [0.717, 1.165) is 24.7 Å². The van der Waals surface area contributed by atoms with Gasteiger partial charge in [-0.15, -0.1) is 12.4 Å². The summed E-state index contributed by atoms with van der Waals surface area (Å²) in [7, 11) is 0. The molecule has 1 fully saturated rings. The largest absolute Gasteiger partial charge is 0.312 e. The SMILES string of the molecule is CC1CN(C(C)c2ccccc2Cl)CCN1.Cl. The number of piperazine rings is 1. The Morgan fingerprint density at radius 3 is 2.76 bits per heavy atom. The van der Waals surface area contributed by atoms with Crippen molar-refractivity contribution in [3.63, 3.8) is 0 Å². The quantitative estimate of drug-likeness (QED) is 0.892. The molecule has 1 aromatic rings. The van der Waals surface area contributed by atoms with E-state index in [2.05, 4.69) is 36.2 Å². The van der Waals surface area contributed by atoms with E-state index in [1.165, 1.54) is 5.56 Å². The first-order chi connectivity index (χ1) is 7.68. The zero-order valence-corrected chi connectivity index (χ0v) is 11.9. The van der Waals surface area contributed by atoms with Gasteiger partial charge in [0.05, 0.1) is 0 Å². The molecule has 1 heterocycles. The first-order valence-corrected chi connectivity index (χ1v) is 6.28. The Kier molecular flexibility index (Phi) is 5.74. The normalized spacial score (nSPS) is 22.9. The van der Waals surface area contributed by atoms with Crippen molar-refractivity contribution in [2.75, 3.05) is 19.6 Å². The highest BCUT2D eigenvalue weighted by atomic mass is 35.5. The maximum absolute atomic E-state index is 6.23. The maximum Gasteiger partial charge on any atom is 0.0453 e. The second kappa shape index (κ2) is 6.60. The van der Waals surface area contributed by atoms with Crippen molar-refractivity contribution in [1.82, 2.24) is 10.2 Å². The summed E-state index contributed by atoms with van der Waals surface area (Å²) >= 11 is 6.23. The molecule has 1 aromatic carbocycles. The van der Waals surface area contributed by atoms with Gasteiger partial charge in [-0.1, -0.05) is 29.8 Å². The summed E-state index contributed by atoms with van der Waals surface area (Å²) < 4.78 is 0. The van der Waals surface area contributed by atoms with Crippen LogP contribution in [0.25, 0.3) is 0 Å². The van der Waals surface area contributed by atoms with Gasteiger partial charge < -0.3 is 5.32 Å². The fourth-order valence-corrected chi connectivity index (χ4v) is 2.62. The van der Waals surface area contributed by atoms with Gasteiger partial charge in [-0.05, 0) is 25.5 Å². The molecular weight excluding hydrogens is 255 g/mol. The summed E-state index contributed by atoms with van der Waals surface area (Å²) in [4.78, 5) is 2.49. The standard InChI is InChI=1S/C13H19ClN2.ClH/c1-10-9-16(8-7-15-10)11(2)12-5-3-4-6-13(12)14;/h3-6,10-11,15H,7-9H2,1-2H3;1H. The van der Waals surface area contributed by atoms with Crippen LogP contribution in [0.3, 0.4) is 0 Å². The van der Waals surface area contributed by atoms with Crippen molar-refractivity contribution in [1.29, 1.82) is 0 Å². The maximum atomic E-state index is 6.23. The highest BCUT2D eigenvalue weighted by Gasteiger charge is 2.22. The molecule has 2 nitrogen and oxygen atoms in total. The molecule has 17 heavy (non-hydrogen) atoms. The predicted octanol–water partition coefficient (Wildman–Crippen LogP) is 3.12. The molecule has 1 N–H and O–H groups in total. The second-order valence-corrected chi connectivity index (χ2v) is 4.95. The molecule has 96 valence electrons. The fourth-order valence-electron chi connectivity index (χ4n) is 2.32. The molecule has 2 atom stereocenters. The van der Waals surface area contributed by atoms with E-state index in [4.69, 9.17) is 11.6 Å². The molecule has 0 bridgehead atoms. The molecule has 2 rings (SSSR count). The lowest BCUT2D eigenvalue weighted by atomic mass is 10.1. The Bertz CT molecular complexity index is 357. The third kappa shape index (κ3) is 3.59. The molecule has 0 amide bonds. The van der Waals surface area contributed by atoms with Gasteiger partial charge in [-0.3, -0.25) is 4.90 Å². The van der Waals surface area contributed by atoms with Crippen LogP contribution in [-0.4, -0.2) is 30.6 Å². The Morgan fingerprint density at radius 2 is 2.12 bits per heavy atom. The molecular formula is C13H20Cl2N2. The molecule has 1 aliphatic heterocycles. The number of nitrogens with one attached hydrogen (secondary N) is 1. The number of nitrogens with zero attached hydrogens (tertiary/aromatic N) is 1. The number of halogens is 2. The Morgan fingerprint density at radius 1 is 1.41 bits per heavy atom. The van der Waals surface area contributed by atoms with Crippen LogP contribution in [0.15, 0.2) is 24.3 Å². The zero-order chi connectivity index (χ0) is 11.5. The van der Waals surface area contributed by atoms with E-state index in [1.54, 1.807) is 0 Å². The van der Waals surface area contributed by atoms with Crippen molar-refractivity contribution >= 4 is 24.0 Å². The Labute approximate surface area is 115 Å². The zero-order valence-electron chi connectivity index (χ0n) is 10.3. The van der Waals surface area contributed by atoms with Crippen LogP contribution in [0.4, 0.5) is 0 Å². The smallest absolute Gasteiger partial charge is 0.0453 e. The van der Waals surface area contributed by atoms with Crippen LogP contribution >= 0.6 is 24.0 Å². The lowest BCUT2D eigenvalue weighted by Gasteiger charge is -2.36. The first kappa shape index (κ1) is 14.8. The third-order valence-corrected chi connectivity index (χ3v) is 3.65. The highest BCUT2D eigenvalue weighted by molar-refractivity contribution is 6.31. The minimum Gasteiger partial charge on any atom is -0.312 e. The summed E-state index contributed by atoms with van der Waals surface area (Å²) in [5.74, 6) is 0. The van der Waals surface area contributed by atoms with Gasteiger partial charge in [-0.25, -0.2) is 0 Å². The van der Waals surface area contributed by atoms with Gasteiger partial charge >= 0.3 is 0 Å². The van der Waals surface area contributed by atoms with Gasteiger partial charge in [0.1, 0.15) is 0 Å². The third-order valence-electron chi connectivity index (χ3n) is 3.30. The van der Waals surface area contributed by atoms with E-state index in [1.807, 2.05) is 12.1 Å². The van der Waals surface area contributed by atoms with Crippen LogP contribution < -0.4 is 5.32 Å². The van der Waals surface area contributed by atoms with Crippen molar-refractivity contribution in [3.05, 3.63) is 34.9 Å². The van der Waals surface area contributed by atoms with Gasteiger partial charge in [-0.2, -0.15) is 0 Å². The van der Waals surface area contributed by atoms with E-state index in [9.17, 15) is 0 Å². The van der Waals surface area contributed by atoms with E-state index < -0.39 is 0 Å². The van der Waals surface area contributed by atoms with Gasteiger partial charge in [0.15, 0.2) is 0 Å². The molecule has 0 radical (unpaired) electrons. The van der Waals surface area contributed by atoms with Crippen LogP contribution in [-0.2, 0) is 0 Å². The topological polar surface area (TPSA) is 15.3 Å². The summed E-state index contributed by atoms with van der Waals surface area (Å²) in [5.41, 5.74) is 1.23. The summed E-state index contributed by atoms with van der Waals surface area (Å²) in [6.07, 6.45) is 0. The summed E-state index contributed by atoms with van der Waals surface area (Å²) in [6, 6.07) is 9.11. The molecule has 2 unspecified atom stereocenters. The predicted molar refractivity (Wildman–Crippen MR) is 76.2 cm³/mol. The molecule has 0 spiro atoms. The van der Waals surface area contributed by atoms with Crippen molar-refractivity contribution in [2.45, 2.75) is 25.9 Å². The van der Waals surface area contributed by atoms with Gasteiger partial charge in [0.25, 0.3) is 0 Å². The Hall–Kier alpha value is -0.280. The Balaban J connectivity index is 0.00000144. The highest BCUT2D eigenvalue weighted by Crippen LogP contribution is 2.27. The van der Waals surface area contributed by atoms with Crippen molar-refractivity contribution < 1.29 is 0 Å². The summed E-state index contributed by atoms with van der Waals surface area (Å²) in [5, 5.41) is 4.33. The fraction of sp³-hybridized carbons (Fsp3) is 0.538. The molecule has 0 saturated carbocycles. The van der Waals surface area contributed by atoms with Crippen LogP contribution in [0.2, 0.25) is 5.02 Å². The van der Waals surface area contributed by atoms with Crippen LogP contribution in [0, 0.1) is 0 Å². The molecule has 1 aliphatic rings. The number of hydrogen-bond donors (Lipinski definition) is 1. The lowest BCUT2D eigenvalue weighted by Crippen LogP contribution is -2.49. The summed E-state index contributed by atoms with van der Waals surface area (Å²) in [6.45, 7) is 7.71. The second-order valence-electron chi connectivity index (χ2n) is 4.55. The molecule has 0 aliphatic carbocycles. The van der Waals surface area contributed by atoms with Crippen molar-refractivity contribution in [3.8, 4) is 0 Å². The average Bonchev–Trinajstić information content (AvgIpc) is 2.29. The number of benzene rings is 1. The van der Waals surface area contributed by atoms with Gasteiger partial charge in [0, 0.05) is 36.7 Å². The minimum atomic E-state index is 0. The van der Waals surface area contributed by atoms with E-state index in [0.29, 0.717) is 12.1 Å². The van der Waals surface area contributed by atoms with Crippen molar-refractivity contribution in [2.24, 2.45) is 0 Å². The average molecular weight is 275 g/mol. The monoisotopic (exact) mass is 274 g/mol. The number of hydrogen-bond acceptors (Lipinski definition) is 2. The number of rotatable bonds is 2. The lowest BCUT2D eigenvalue weighted by molar-refractivity contribution is 0.159. The molecule has 0 aromatic heterocycles. The van der Waals surface area contributed by atoms with E-state index >= 15 is 0 Å².